The zero-order valence-electron chi connectivity index (χ0n) is 41.9. The number of rotatable bonds is 9. The Labute approximate surface area is 419 Å². The van der Waals surface area contributed by atoms with E-state index in [9.17, 15) is 0 Å². The van der Waals surface area contributed by atoms with E-state index < -0.39 is 5.41 Å². The molecule has 9 rings (SSSR count). The van der Waals surface area contributed by atoms with Gasteiger partial charge < -0.3 is 13.9 Å². The van der Waals surface area contributed by atoms with E-state index in [1.54, 1.807) is 0 Å². The quantitative estimate of drug-likeness (QED) is 0.107. The molecule has 0 spiro atoms. The fourth-order valence-electron chi connectivity index (χ4n) is 9.13. The minimum Gasteiger partial charge on any atom is -0.510 e. The maximum atomic E-state index is 6.88. The summed E-state index contributed by atoms with van der Waals surface area (Å²) in [5.41, 5.74) is 11.3. The number of nitrogens with zero attached hydrogens (tertiary/aromatic N) is 4. The summed E-state index contributed by atoms with van der Waals surface area (Å²) in [6.07, 6.45) is 8.01. The average molecular weight is 1080 g/mol. The number of imidazole rings is 1. The molecule has 0 amide bonds. The van der Waals surface area contributed by atoms with E-state index >= 15 is 0 Å². The van der Waals surface area contributed by atoms with Crippen molar-refractivity contribution in [3.8, 4) is 28.7 Å². The minimum absolute atomic E-state index is 0. The third-order valence-electron chi connectivity index (χ3n) is 13.7. The molecular weight excluding hydrogens is 1010 g/mol. The molecule has 68 heavy (non-hydrogen) atoms. The van der Waals surface area contributed by atoms with Crippen molar-refractivity contribution in [3.05, 3.63) is 209 Å². The van der Waals surface area contributed by atoms with Crippen LogP contribution in [0.1, 0.15) is 129 Å². The first-order valence-electron chi connectivity index (χ1n) is 23.6. The first kappa shape index (κ1) is 48.4. The molecule has 9 aromatic rings. The van der Waals surface area contributed by atoms with Crippen LogP contribution in [0.4, 0.5) is 0 Å². The van der Waals surface area contributed by atoms with Crippen molar-refractivity contribution in [1.29, 1.82) is 0 Å². The van der Waals surface area contributed by atoms with Crippen LogP contribution in [0.5, 0.6) is 11.5 Å². The van der Waals surface area contributed by atoms with Crippen LogP contribution in [-0.4, -0.2) is 14.1 Å². The van der Waals surface area contributed by atoms with Crippen molar-refractivity contribution in [3.63, 3.8) is 0 Å². The molecule has 0 bridgehead atoms. The van der Waals surface area contributed by atoms with Gasteiger partial charge in [-0.15, -0.1) is 29.7 Å². The summed E-state index contributed by atoms with van der Waals surface area (Å²) in [7, 11) is 0. The largest absolute Gasteiger partial charge is 0.510 e. The van der Waals surface area contributed by atoms with Crippen molar-refractivity contribution in [2.24, 2.45) is 0 Å². The molecule has 0 fully saturated rings. The fourth-order valence-corrected chi connectivity index (χ4v) is 9.13. The Morgan fingerprint density at radius 2 is 1.09 bits per heavy atom. The van der Waals surface area contributed by atoms with E-state index in [1.807, 2.05) is 12.3 Å². The Kier molecular flexibility index (Phi) is 12.7. The standard InChI is InChI=1S/C62H64N4O.Pt/c1-58(2,3)44-30-31-63-57(37-44)66-54-27-21-20-26-52(54)53-29-28-50(39-55(53)66)67-51-36-46(60(7,8)9)33-48(38-51)64-40-56(62(12,13)43-24-18-15-19-25-43)65(41-64)49-34-45(59(4,5)6)32-47(35-49)61(10,11)42-22-16-14-17-23-42;/h14-37,40H,1-13H3;/q-2;. The van der Waals surface area contributed by atoms with E-state index in [4.69, 9.17) is 9.72 Å². The summed E-state index contributed by atoms with van der Waals surface area (Å²) >= 11 is 0. The summed E-state index contributed by atoms with van der Waals surface area (Å²) in [5, 5.41) is 2.23. The Bertz CT molecular complexity index is 3260. The van der Waals surface area contributed by atoms with Crippen molar-refractivity contribution < 1.29 is 30.4 Å². The summed E-state index contributed by atoms with van der Waals surface area (Å²) in [4.78, 5) is 4.90. The van der Waals surface area contributed by atoms with Gasteiger partial charge in [0, 0.05) is 61.3 Å². The molecule has 6 heteroatoms. The molecule has 0 radical (unpaired) electrons. The first-order valence-corrected chi connectivity index (χ1v) is 23.6. The third kappa shape index (κ3) is 9.27. The molecule has 5 nitrogen and oxygen atoms in total. The molecule has 0 atom stereocenters. The number of hydrogen-bond donors (Lipinski definition) is 0. The van der Waals surface area contributed by atoms with Gasteiger partial charge in [-0.1, -0.05) is 180 Å². The van der Waals surface area contributed by atoms with Gasteiger partial charge in [-0.3, -0.25) is 4.57 Å². The van der Waals surface area contributed by atoms with Crippen molar-refractivity contribution in [1.82, 2.24) is 14.1 Å². The van der Waals surface area contributed by atoms with Gasteiger partial charge in [0.05, 0.1) is 11.4 Å². The number of benzene rings is 6. The normalized spacial score (nSPS) is 12.7. The number of hydrogen-bond acceptors (Lipinski definition) is 2. The number of fused-ring (bicyclic) bond motifs is 3. The van der Waals surface area contributed by atoms with Gasteiger partial charge in [0.25, 0.3) is 6.33 Å². The second-order valence-electron chi connectivity index (χ2n) is 22.4. The van der Waals surface area contributed by atoms with Crippen molar-refractivity contribution in [2.75, 3.05) is 0 Å². The topological polar surface area (TPSA) is 35.9 Å². The number of pyridine rings is 1. The number of ether oxygens (including phenoxy) is 1. The molecule has 0 saturated heterocycles. The molecule has 6 aromatic carbocycles. The Morgan fingerprint density at radius 1 is 0.500 bits per heavy atom. The zero-order valence-corrected chi connectivity index (χ0v) is 44.2. The first-order chi connectivity index (χ1) is 31.6. The third-order valence-corrected chi connectivity index (χ3v) is 13.7. The predicted octanol–water partition coefficient (Wildman–Crippen LogP) is 15.0. The van der Waals surface area contributed by atoms with Gasteiger partial charge in [0.15, 0.2) is 0 Å². The summed E-state index contributed by atoms with van der Waals surface area (Å²) in [5.74, 6) is 2.06. The monoisotopic (exact) mass is 1080 g/mol. The molecule has 0 aliphatic carbocycles. The molecule has 3 heterocycles. The van der Waals surface area contributed by atoms with E-state index in [0.717, 1.165) is 50.3 Å². The van der Waals surface area contributed by atoms with Crippen LogP contribution in [-0.2, 0) is 48.1 Å². The van der Waals surface area contributed by atoms with Crippen LogP contribution < -0.4 is 9.30 Å². The van der Waals surface area contributed by atoms with Crippen LogP contribution in [0, 0.1) is 18.5 Å². The van der Waals surface area contributed by atoms with Crippen LogP contribution in [0.2, 0.25) is 0 Å². The summed E-state index contributed by atoms with van der Waals surface area (Å²) in [6, 6.07) is 57.4. The molecule has 0 aliphatic heterocycles. The minimum atomic E-state index is -0.402. The fraction of sp³-hybridized carbons (Fsp3) is 0.290. The van der Waals surface area contributed by atoms with E-state index in [0.29, 0.717) is 11.5 Å². The molecule has 0 N–H and O–H groups in total. The molecule has 0 saturated carbocycles. The van der Waals surface area contributed by atoms with Crippen LogP contribution >= 0.6 is 0 Å². The van der Waals surface area contributed by atoms with Crippen molar-refractivity contribution in [2.45, 2.75) is 117 Å². The number of aromatic nitrogens is 4. The Balaban J connectivity index is 0.00000625. The molecule has 350 valence electrons. The second kappa shape index (κ2) is 17.8. The second-order valence-corrected chi connectivity index (χ2v) is 22.4. The van der Waals surface area contributed by atoms with E-state index in [2.05, 4.69) is 262 Å². The van der Waals surface area contributed by atoms with Crippen LogP contribution in [0.25, 0.3) is 39.0 Å². The maximum absolute atomic E-state index is 6.88. The summed E-state index contributed by atoms with van der Waals surface area (Å²) < 4.78 is 13.5. The zero-order chi connectivity index (χ0) is 47.7. The van der Waals surface area contributed by atoms with Gasteiger partial charge in [0.2, 0.25) is 0 Å². The van der Waals surface area contributed by atoms with Gasteiger partial charge in [-0.25, -0.2) is 4.98 Å². The summed E-state index contributed by atoms with van der Waals surface area (Å²) in [6.45, 7) is 29.6. The smallest absolute Gasteiger partial charge is 0.267 e. The SMILES string of the molecule is CC(C)(C)c1cc(Oc2[c-]c3c(cc2)c2ccccc2n3-c2cc(C(C)(C)C)ccn2)[c-]c(-n2[c-][n+](-c3cc(C(C)(C)C)cc(C(C)(C)c4ccccc4)c3)c(C(C)(C)c3ccccc3)c2)c1.[Pt]. The molecule has 0 unspecified atom stereocenters. The number of para-hydroxylation sites is 1. The predicted molar refractivity (Wildman–Crippen MR) is 276 cm³/mol. The molecule has 3 aromatic heterocycles. The molecule has 0 aliphatic rings. The van der Waals surface area contributed by atoms with Crippen LogP contribution in [0.15, 0.2) is 152 Å². The average Bonchev–Trinajstić information content (AvgIpc) is 3.90. The van der Waals surface area contributed by atoms with Gasteiger partial charge in [0.1, 0.15) is 5.82 Å². The van der Waals surface area contributed by atoms with Gasteiger partial charge in [-0.2, -0.15) is 17.7 Å². The van der Waals surface area contributed by atoms with Crippen LogP contribution in [0.3, 0.4) is 0 Å². The Morgan fingerprint density at radius 3 is 1.74 bits per heavy atom. The Hall–Kier alpha value is -6.03. The van der Waals surface area contributed by atoms with Crippen molar-refractivity contribution >= 4 is 21.8 Å². The van der Waals surface area contributed by atoms with Gasteiger partial charge >= 0.3 is 0 Å². The maximum Gasteiger partial charge on any atom is 0.267 e. The van der Waals surface area contributed by atoms with E-state index in [1.165, 1.54) is 27.8 Å². The van der Waals surface area contributed by atoms with Gasteiger partial charge in [-0.05, 0) is 85.5 Å². The molecular formula is C62H64N4OPt-2. The van der Waals surface area contributed by atoms with E-state index in [-0.39, 0.29) is 42.7 Å².